The summed E-state index contributed by atoms with van der Waals surface area (Å²) in [7, 11) is 0. The maximum atomic E-state index is 12.1. The van der Waals surface area contributed by atoms with Gasteiger partial charge in [0, 0.05) is 0 Å². The number of nitrogens with one attached hydrogen (secondary N) is 1. The molecule has 1 heterocycles. The standard InChI is InChI=1S/C5H5FN2O/c6-4-2-1-3-5(7-4)8-9/h1-3,9H,(H,7,8). The molecule has 0 aliphatic rings. The van der Waals surface area contributed by atoms with Gasteiger partial charge in [0.25, 0.3) is 0 Å². The summed E-state index contributed by atoms with van der Waals surface area (Å²) in [5.74, 6) is -0.510. The first-order valence-corrected chi connectivity index (χ1v) is 2.35. The Morgan fingerprint density at radius 2 is 2.33 bits per heavy atom. The molecule has 0 spiro atoms. The van der Waals surface area contributed by atoms with Gasteiger partial charge in [-0.05, 0) is 12.1 Å². The van der Waals surface area contributed by atoms with E-state index < -0.39 is 5.95 Å². The molecule has 3 nitrogen and oxygen atoms in total. The Balaban J connectivity index is 2.94. The molecule has 2 N–H and O–H groups in total. The van der Waals surface area contributed by atoms with E-state index in [9.17, 15) is 4.39 Å². The molecule has 0 aromatic carbocycles. The van der Waals surface area contributed by atoms with Crippen LogP contribution in [0.1, 0.15) is 0 Å². The van der Waals surface area contributed by atoms with E-state index >= 15 is 0 Å². The first-order valence-electron chi connectivity index (χ1n) is 2.35. The third-order valence-corrected chi connectivity index (χ3v) is 0.830. The van der Waals surface area contributed by atoms with Crippen molar-refractivity contribution in [1.82, 2.24) is 4.98 Å². The van der Waals surface area contributed by atoms with Crippen LogP contribution in [0.4, 0.5) is 10.2 Å². The maximum absolute atomic E-state index is 12.1. The van der Waals surface area contributed by atoms with E-state index in [0.29, 0.717) is 0 Å². The molecule has 0 bridgehead atoms. The second kappa shape index (κ2) is 2.41. The van der Waals surface area contributed by atoms with E-state index in [0.717, 1.165) is 0 Å². The Morgan fingerprint density at radius 3 is 2.78 bits per heavy atom. The van der Waals surface area contributed by atoms with Crippen LogP contribution >= 0.6 is 0 Å². The van der Waals surface area contributed by atoms with Gasteiger partial charge in [-0.25, -0.2) is 4.98 Å². The number of pyridine rings is 1. The highest BCUT2D eigenvalue weighted by Gasteiger charge is 1.90. The molecule has 48 valence electrons. The van der Waals surface area contributed by atoms with E-state index in [1.807, 2.05) is 0 Å². The maximum Gasteiger partial charge on any atom is 0.214 e. The molecule has 0 radical (unpaired) electrons. The van der Waals surface area contributed by atoms with Gasteiger partial charge in [-0.2, -0.15) is 4.39 Å². The zero-order valence-electron chi connectivity index (χ0n) is 4.50. The number of rotatable bonds is 1. The first-order chi connectivity index (χ1) is 4.33. The summed E-state index contributed by atoms with van der Waals surface area (Å²) in [6, 6.07) is 4.09. The zero-order valence-corrected chi connectivity index (χ0v) is 4.50. The molecule has 0 saturated heterocycles. The van der Waals surface area contributed by atoms with Gasteiger partial charge in [-0.3, -0.25) is 10.7 Å². The lowest BCUT2D eigenvalue weighted by Crippen LogP contribution is -1.93. The highest BCUT2D eigenvalue weighted by molar-refractivity contribution is 5.29. The molecule has 0 atom stereocenters. The second-order valence-electron chi connectivity index (χ2n) is 1.46. The van der Waals surface area contributed by atoms with Gasteiger partial charge >= 0.3 is 0 Å². The van der Waals surface area contributed by atoms with Crippen LogP contribution in [-0.2, 0) is 0 Å². The van der Waals surface area contributed by atoms with Gasteiger partial charge in [-0.15, -0.1) is 0 Å². The number of halogens is 1. The fraction of sp³-hybridized carbons (Fsp3) is 0. The Labute approximate surface area is 51.1 Å². The smallest absolute Gasteiger partial charge is 0.214 e. The summed E-state index contributed by atoms with van der Waals surface area (Å²) in [5.41, 5.74) is 1.72. The van der Waals surface area contributed by atoms with Gasteiger partial charge in [0.1, 0.15) is 0 Å². The lowest BCUT2D eigenvalue weighted by Gasteiger charge is -1.93. The summed E-state index contributed by atoms with van der Waals surface area (Å²) in [6.45, 7) is 0. The molecule has 1 aromatic rings. The summed E-state index contributed by atoms with van der Waals surface area (Å²) in [5, 5.41) is 8.18. The minimum absolute atomic E-state index is 0.106. The molecule has 0 saturated carbocycles. The molecule has 0 aliphatic carbocycles. The number of aromatic nitrogens is 1. The van der Waals surface area contributed by atoms with Crippen LogP contribution in [0.3, 0.4) is 0 Å². The van der Waals surface area contributed by atoms with Crippen molar-refractivity contribution in [2.75, 3.05) is 5.48 Å². The van der Waals surface area contributed by atoms with E-state index in [1.165, 1.54) is 18.2 Å². The highest BCUT2D eigenvalue weighted by atomic mass is 19.1. The normalized spacial score (nSPS) is 9.11. The van der Waals surface area contributed by atoms with Crippen LogP contribution in [0.2, 0.25) is 0 Å². The average molecular weight is 128 g/mol. The van der Waals surface area contributed by atoms with Gasteiger partial charge < -0.3 is 0 Å². The third kappa shape index (κ3) is 1.36. The predicted molar refractivity (Wildman–Crippen MR) is 29.6 cm³/mol. The van der Waals surface area contributed by atoms with Gasteiger partial charge in [-0.1, -0.05) is 6.07 Å². The average Bonchev–Trinajstić information content (AvgIpc) is 1.88. The molecule has 0 unspecified atom stereocenters. The predicted octanol–water partition coefficient (Wildman–Crippen LogP) is 1.02. The Bertz CT molecular complexity index is 204. The van der Waals surface area contributed by atoms with E-state index in [4.69, 9.17) is 5.21 Å². The van der Waals surface area contributed by atoms with Crippen molar-refractivity contribution in [3.63, 3.8) is 0 Å². The van der Waals surface area contributed by atoms with Crippen molar-refractivity contribution in [2.45, 2.75) is 0 Å². The fourth-order valence-electron chi connectivity index (χ4n) is 0.471. The summed E-state index contributed by atoms with van der Waals surface area (Å²) >= 11 is 0. The van der Waals surface area contributed by atoms with Gasteiger partial charge in [0.2, 0.25) is 5.95 Å². The van der Waals surface area contributed by atoms with E-state index in [-0.39, 0.29) is 5.82 Å². The summed E-state index contributed by atoms with van der Waals surface area (Å²) in [4.78, 5) is 3.26. The number of hydrogen-bond donors (Lipinski definition) is 2. The molecule has 9 heavy (non-hydrogen) atoms. The van der Waals surface area contributed by atoms with Crippen molar-refractivity contribution >= 4 is 5.82 Å². The highest BCUT2D eigenvalue weighted by Crippen LogP contribution is 2.00. The summed E-state index contributed by atoms with van der Waals surface area (Å²) in [6.07, 6.45) is 0. The Hall–Kier alpha value is -1.16. The zero-order chi connectivity index (χ0) is 6.69. The minimum Gasteiger partial charge on any atom is -0.290 e. The Morgan fingerprint density at radius 1 is 1.56 bits per heavy atom. The lowest BCUT2D eigenvalue weighted by molar-refractivity contribution is 0.384. The summed E-state index contributed by atoms with van der Waals surface area (Å²) < 4.78 is 12.1. The van der Waals surface area contributed by atoms with Crippen molar-refractivity contribution in [2.24, 2.45) is 0 Å². The van der Waals surface area contributed by atoms with Crippen molar-refractivity contribution in [3.8, 4) is 0 Å². The molecule has 0 fully saturated rings. The van der Waals surface area contributed by atoms with Crippen LogP contribution < -0.4 is 5.48 Å². The molecular formula is C5H5FN2O. The van der Waals surface area contributed by atoms with E-state index in [1.54, 1.807) is 5.48 Å². The van der Waals surface area contributed by atoms with Crippen molar-refractivity contribution in [3.05, 3.63) is 24.1 Å². The molecule has 1 aromatic heterocycles. The van der Waals surface area contributed by atoms with Crippen molar-refractivity contribution < 1.29 is 9.60 Å². The first kappa shape index (κ1) is 5.97. The largest absolute Gasteiger partial charge is 0.290 e. The van der Waals surface area contributed by atoms with Crippen molar-refractivity contribution in [1.29, 1.82) is 0 Å². The fourth-order valence-corrected chi connectivity index (χ4v) is 0.471. The van der Waals surface area contributed by atoms with Crippen LogP contribution in [0.5, 0.6) is 0 Å². The molecule has 4 heteroatoms. The van der Waals surface area contributed by atoms with Gasteiger partial charge in [0.15, 0.2) is 5.82 Å². The SMILES string of the molecule is ONc1cccc(F)n1. The molecule has 1 rings (SSSR count). The molecule has 0 amide bonds. The van der Waals surface area contributed by atoms with Crippen LogP contribution in [0.25, 0.3) is 0 Å². The number of nitrogens with zero attached hydrogens (tertiary/aromatic N) is 1. The minimum atomic E-state index is -0.617. The third-order valence-electron chi connectivity index (χ3n) is 0.830. The monoisotopic (exact) mass is 128 g/mol. The quantitative estimate of drug-likeness (QED) is 0.438. The molecule has 0 aliphatic heterocycles. The van der Waals surface area contributed by atoms with Crippen LogP contribution in [-0.4, -0.2) is 10.2 Å². The topological polar surface area (TPSA) is 45.1 Å². The Kier molecular flexibility index (Phi) is 1.60. The molecular weight excluding hydrogens is 123 g/mol. The number of hydrogen-bond acceptors (Lipinski definition) is 3. The van der Waals surface area contributed by atoms with Crippen LogP contribution in [0.15, 0.2) is 18.2 Å². The lowest BCUT2D eigenvalue weighted by atomic mass is 10.5. The van der Waals surface area contributed by atoms with Gasteiger partial charge in [0.05, 0.1) is 0 Å². The van der Waals surface area contributed by atoms with E-state index in [2.05, 4.69) is 4.98 Å². The number of anilines is 1. The second-order valence-corrected chi connectivity index (χ2v) is 1.46. The van der Waals surface area contributed by atoms with Crippen LogP contribution in [0, 0.1) is 5.95 Å².